The lowest BCUT2D eigenvalue weighted by Crippen LogP contribution is -2.01. The molecule has 0 aliphatic rings. The second-order valence-electron chi connectivity index (χ2n) is 3.28. The molecule has 0 fully saturated rings. The maximum atomic E-state index is 11.5. The summed E-state index contributed by atoms with van der Waals surface area (Å²) in [5.74, 6) is -0.326. The molecular weight excluding hydrogens is 244 g/mol. The summed E-state index contributed by atoms with van der Waals surface area (Å²) in [6.45, 7) is 1.34. The molecule has 90 valence electrons. The average Bonchev–Trinajstić information content (AvgIpc) is 2.26. The van der Waals surface area contributed by atoms with Crippen molar-refractivity contribution < 1.29 is 19.4 Å². The Hall–Kier alpha value is -1.81. The van der Waals surface area contributed by atoms with Crippen LogP contribution < -0.4 is 4.74 Å². The van der Waals surface area contributed by atoms with Crippen molar-refractivity contribution in [2.45, 2.75) is 6.92 Å². The predicted octanol–water partition coefficient (Wildman–Crippen LogP) is 2.38. The first-order chi connectivity index (χ1) is 7.97. The molecule has 5 heteroatoms. The van der Waals surface area contributed by atoms with Crippen molar-refractivity contribution in [3.63, 3.8) is 0 Å². The number of ether oxygens (including phenoxy) is 1. The lowest BCUT2D eigenvalue weighted by atomic mass is 10.0. The van der Waals surface area contributed by atoms with E-state index >= 15 is 0 Å². The van der Waals surface area contributed by atoms with E-state index in [-0.39, 0.29) is 22.8 Å². The second-order valence-corrected chi connectivity index (χ2v) is 3.65. The van der Waals surface area contributed by atoms with Gasteiger partial charge in [0.25, 0.3) is 0 Å². The molecule has 0 radical (unpaired) electrons. The zero-order valence-corrected chi connectivity index (χ0v) is 10.1. The molecule has 0 bridgehead atoms. The zero-order chi connectivity index (χ0) is 13.0. The van der Waals surface area contributed by atoms with Crippen molar-refractivity contribution >= 4 is 28.7 Å². The molecule has 17 heavy (non-hydrogen) atoms. The summed E-state index contributed by atoms with van der Waals surface area (Å²) in [6, 6.07) is 2.88. The fraction of sp³-hybridized carbons (Fsp3) is 0.167. The Morgan fingerprint density at radius 3 is 2.53 bits per heavy atom. The molecule has 0 saturated heterocycles. The Balaban J connectivity index is 3.40. The highest BCUT2D eigenvalue weighted by molar-refractivity contribution is 6.66. The third-order valence-electron chi connectivity index (χ3n) is 2.12. The van der Waals surface area contributed by atoms with Crippen LogP contribution in [0.25, 0.3) is 6.08 Å². The third-order valence-corrected chi connectivity index (χ3v) is 2.25. The Morgan fingerprint density at radius 1 is 1.41 bits per heavy atom. The van der Waals surface area contributed by atoms with E-state index in [1.54, 1.807) is 0 Å². The van der Waals surface area contributed by atoms with Crippen LogP contribution >= 0.6 is 11.6 Å². The van der Waals surface area contributed by atoms with E-state index in [0.717, 1.165) is 6.08 Å². The number of methoxy groups -OCH3 is 1. The Morgan fingerprint density at radius 2 is 2.06 bits per heavy atom. The van der Waals surface area contributed by atoms with Crippen LogP contribution in [-0.2, 0) is 4.79 Å². The minimum absolute atomic E-state index is 0.0849. The van der Waals surface area contributed by atoms with E-state index in [0.29, 0.717) is 5.56 Å². The Labute approximate surface area is 103 Å². The molecule has 0 unspecified atom stereocenters. The molecule has 0 spiro atoms. The summed E-state index contributed by atoms with van der Waals surface area (Å²) in [4.78, 5) is 22.1. The number of carbonyl (C=O) groups is 2. The van der Waals surface area contributed by atoms with Crippen molar-refractivity contribution in [2.75, 3.05) is 7.11 Å². The van der Waals surface area contributed by atoms with Gasteiger partial charge in [-0.3, -0.25) is 9.59 Å². The molecule has 0 amide bonds. The maximum Gasteiger partial charge on any atom is 0.245 e. The molecule has 0 heterocycles. The Kier molecular flexibility index (Phi) is 4.29. The topological polar surface area (TPSA) is 63.6 Å². The summed E-state index contributed by atoms with van der Waals surface area (Å²) in [6.07, 6.45) is 2.52. The average molecular weight is 255 g/mol. The van der Waals surface area contributed by atoms with Crippen LogP contribution in [0, 0.1) is 0 Å². The van der Waals surface area contributed by atoms with Gasteiger partial charge in [0.05, 0.1) is 12.7 Å². The van der Waals surface area contributed by atoms with E-state index in [9.17, 15) is 14.7 Å². The van der Waals surface area contributed by atoms with Crippen LogP contribution in [0.3, 0.4) is 0 Å². The van der Waals surface area contributed by atoms with Crippen LogP contribution in [0.5, 0.6) is 11.5 Å². The van der Waals surface area contributed by atoms with Gasteiger partial charge in [-0.05, 0) is 42.3 Å². The number of benzene rings is 1. The highest BCUT2D eigenvalue weighted by Gasteiger charge is 2.16. The molecule has 0 atom stereocenters. The number of allylic oxidation sites excluding steroid dienone is 1. The number of aromatic hydroxyl groups is 1. The molecule has 0 aliphatic heterocycles. The second kappa shape index (κ2) is 5.50. The van der Waals surface area contributed by atoms with Gasteiger partial charge in [-0.1, -0.05) is 6.07 Å². The molecule has 1 aromatic carbocycles. The monoisotopic (exact) mass is 254 g/mol. The number of hydrogen-bond acceptors (Lipinski definition) is 4. The van der Waals surface area contributed by atoms with Crippen molar-refractivity contribution in [3.05, 3.63) is 29.3 Å². The highest BCUT2D eigenvalue weighted by atomic mass is 35.5. The van der Waals surface area contributed by atoms with Crippen LogP contribution in [0.15, 0.2) is 18.2 Å². The van der Waals surface area contributed by atoms with Gasteiger partial charge in [-0.2, -0.15) is 0 Å². The van der Waals surface area contributed by atoms with E-state index in [1.165, 1.54) is 32.2 Å². The van der Waals surface area contributed by atoms with E-state index < -0.39 is 5.24 Å². The summed E-state index contributed by atoms with van der Waals surface area (Å²) in [5.41, 5.74) is 0.669. The molecule has 1 aromatic rings. The molecule has 1 N–H and O–H groups in total. The number of halogens is 1. The third kappa shape index (κ3) is 3.07. The first kappa shape index (κ1) is 13.3. The predicted molar refractivity (Wildman–Crippen MR) is 64.6 cm³/mol. The summed E-state index contributed by atoms with van der Waals surface area (Å²) in [7, 11) is 1.35. The summed E-state index contributed by atoms with van der Waals surface area (Å²) >= 11 is 5.17. The maximum absolute atomic E-state index is 11.5. The summed E-state index contributed by atoms with van der Waals surface area (Å²) < 4.78 is 4.96. The minimum atomic E-state index is -0.647. The van der Waals surface area contributed by atoms with Crippen LogP contribution in [0.4, 0.5) is 0 Å². The summed E-state index contributed by atoms with van der Waals surface area (Å²) in [5, 5.41) is 8.90. The largest absolute Gasteiger partial charge is 0.504 e. The number of rotatable bonds is 4. The van der Waals surface area contributed by atoms with Gasteiger partial charge < -0.3 is 9.84 Å². The van der Waals surface area contributed by atoms with E-state index in [4.69, 9.17) is 16.3 Å². The lowest BCUT2D eigenvalue weighted by Gasteiger charge is -2.10. The Bertz CT molecular complexity index is 492. The lowest BCUT2D eigenvalue weighted by molar-refractivity contribution is -0.107. The fourth-order valence-corrected chi connectivity index (χ4v) is 1.51. The number of Topliss-reactive ketones (excluding diaryl/α,β-unsaturated/α-hetero) is 1. The highest BCUT2D eigenvalue weighted by Crippen LogP contribution is 2.33. The van der Waals surface area contributed by atoms with Gasteiger partial charge in [0, 0.05) is 0 Å². The van der Waals surface area contributed by atoms with Crippen molar-refractivity contribution in [1.29, 1.82) is 0 Å². The van der Waals surface area contributed by atoms with Gasteiger partial charge in [-0.25, -0.2) is 0 Å². The van der Waals surface area contributed by atoms with Crippen LogP contribution in [-0.4, -0.2) is 23.2 Å². The smallest absolute Gasteiger partial charge is 0.245 e. The molecule has 0 aliphatic carbocycles. The molecule has 1 rings (SSSR count). The van der Waals surface area contributed by atoms with Gasteiger partial charge in [0.15, 0.2) is 17.3 Å². The first-order valence-electron chi connectivity index (χ1n) is 4.75. The standard InChI is InChI=1S/C12H11ClO4/c1-7(14)11-8(4-6-10(13)16)3-5-9(15)12(11)17-2/h3-6,15H,1-2H3. The zero-order valence-electron chi connectivity index (χ0n) is 9.36. The van der Waals surface area contributed by atoms with Gasteiger partial charge in [0.1, 0.15) is 0 Å². The van der Waals surface area contributed by atoms with E-state index in [2.05, 4.69) is 0 Å². The van der Waals surface area contributed by atoms with Gasteiger partial charge >= 0.3 is 0 Å². The van der Waals surface area contributed by atoms with Crippen molar-refractivity contribution in [2.24, 2.45) is 0 Å². The number of phenolic OH excluding ortho intramolecular Hbond substituents is 1. The van der Waals surface area contributed by atoms with Crippen molar-refractivity contribution in [1.82, 2.24) is 0 Å². The SMILES string of the molecule is COc1c(O)ccc(C=CC(=O)Cl)c1C(C)=O. The number of phenols is 1. The van der Waals surface area contributed by atoms with Gasteiger partial charge in [-0.15, -0.1) is 0 Å². The molecule has 0 aromatic heterocycles. The molecule has 4 nitrogen and oxygen atoms in total. The number of hydrogen-bond donors (Lipinski definition) is 1. The van der Waals surface area contributed by atoms with Crippen molar-refractivity contribution in [3.8, 4) is 11.5 Å². The minimum Gasteiger partial charge on any atom is -0.504 e. The van der Waals surface area contributed by atoms with E-state index in [1.807, 2.05) is 0 Å². The fourth-order valence-electron chi connectivity index (χ4n) is 1.45. The molecule has 0 saturated carbocycles. The normalized spacial score (nSPS) is 10.5. The quantitative estimate of drug-likeness (QED) is 0.509. The molecular formula is C12H11ClO4. The van der Waals surface area contributed by atoms with Crippen LogP contribution in [0.2, 0.25) is 0 Å². The van der Waals surface area contributed by atoms with Crippen LogP contribution in [0.1, 0.15) is 22.8 Å². The van der Waals surface area contributed by atoms with Gasteiger partial charge in [0.2, 0.25) is 5.24 Å². The number of carbonyl (C=O) groups excluding carboxylic acids is 2. The number of ketones is 1. The first-order valence-corrected chi connectivity index (χ1v) is 5.13.